The maximum Gasteiger partial charge on any atom is 0.220 e. The van der Waals surface area contributed by atoms with Crippen LogP contribution in [-0.2, 0) is 4.79 Å². The van der Waals surface area contributed by atoms with E-state index in [0.717, 1.165) is 15.8 Å². The summed E-state index contributed by atoms with van der Waals surface area (Å²) in [6.07, 6.45) is 0.335. The molecule has 0 saturated carbocycles. The second kappa shape index (κ2) is 9.24. The Kier molecular flexibility index (Phi) is 6.73. The normalized spacial score (nSPS) is 13.9. The molecule has 148 valence electrons. The second-order valence-electron chi connectivity index (χ2n) is 7.12. The molecule has 0 unspecified atom stereocenters. The van der Waals surface area contributed by atoms with Crippen LogP contribution in [0.3, 0.4) is 0 Å². The summed E-state index contributed by atoms with van der Waals surface area (Å²) in [7, 11) is 0. The van der Waals surface area contributed by atoms with E-state index in [2.05, 4.69) is 35.1 Å². The van der Waals surface area contributed by atoms with Gasteiger partial charge in [-0.25, -0.2) is 0 Å². The highest BCUT2D eigenvalue weighted by Gasteiger charge is 2.22. The summed E-state index contributed by atoms with van der Waals surface area (Å²) >= 11 is 3.35. The minimum absolute atomic E-state index is 0.0388. The number of halogens is 1. The van der Waals surface area contributed by atoms with Crippen LogP contribution in [0.15, 0.2) is 46.9 Å². The predicted molar refractivity (Wildman–Crippen MR) is 111 cm³/mol. The molecule has 1 aliphatic heterocycles. The molecule has 1 amide bonds. The Morgan fingerprint density at radius 2 is 1.68 bits per heavy atom. The first-order valence-corrected chi connectivity index (χ1v) is 10.2. The lowest BCUT2D eigenvalue weighted by molar-refractivity contribution is -0.122. The highest BCUT2D eigenvalue weighted by atomic mass is 79.9. The van der Waals surface area contributed by atoms with Crippen molar-refractivity contribution in [1.82, 2.24) is 5.32 Å². The predicted octanol–water partition coefficient (Wildman–Crippen LogP) is 4.70. The fourth-order valence-electron chi connectivity index (χ4n) is 3.14. The van der Waals surface area contributed by atoms with Crippen LogP contribution in [0.4, 0.5) is 0 Å². The van der Waals surface area contributed by atoms with Gasteiger partial charge in [0.25, 0.3) is 0 Å². The van der Waals surface area contributed by atoms with Gasteiger partial charge in [-0.1, -0.05) is 48.0 Å². The highest BCUT2D eigenvalue weighted by molar-refractivity contribution is 9.10. The molecule has 0 spiro atoms. The third kappa shape index (κ3) is 5.13. The molecule has 0 bridgehead atoms. The van der Waals surface area contributed by atoms with Gasteiger partial charge in [-0.3, -0.25) is 9.59 Å². The van der Waals surface area contributed by atoms with Crippen molar-refractivity contribution in [2.45, 2.75) is 32.7 Å². The van der Waals surface area contributed by atoms with Crippen LogP contribution in [0.25, 0.3) is 0 Å². The lowest BCUT2D eigenvalue weighted by atomic mass is 9.95. The molecule has 2 aromatic rings. The van der Waals surface area contributed by atoms with Crippen molar-refractivity contribution in [2.75, 3.05) is 13.2 Å². The monoisotopic (exact) mass is 445 g/mol. The fourth-order valence-corrected chi connectivity index (χ4v) is 3.41. The van der Waals surface area contributed by atoms with Gasteiger partial charge in [0, 0.05) is 22.9 Å². The SMILES string of the molecule is CC(C)[C@@H](NC(=O)CCC(=O)c1ccc(Br)cc1)c1ccc2c(c1)OCCO2. The van der Waals surface area contributed by atoms with Crippen LogP contribution in [0.1, 0.15) is 48.7 Å². The molecule has 1 N–H and O–H groups in total. The zero-order valence-electron chi connectivity index (χ0n) is 16.0. The van der Waals surface area contributed by atoms with Crippen LogP contribution in [0.2, 0.25) is 0 Å². The molecule has 1 heterocycles. The number of rotatable bonds is 7. The number of carbonyl (C=O) groups is 2. The average molecular weight is 446 g/mol. The molecule has 0 aromatic heterocycles. The minimum atomic E-state index is -0.161. The summed E-state index contributed by atoms with van der Waals surface area (Å²) in [6, 6.07) is 12.8. The minimum Gasteiger partial charge on any atom is -0.486 e. The number of fused-ring (bicyclic) bond motifs is 1. The van der Waals surface area contributed by atoms with Gasteiger partial charge in [0.05, 0.1) is 6.04 Å². The Labute approximate surface area is 173 Å². The van der Waals surface area contributed by atoms with Gasteiger partial charge >= 0.3 is 0 Å². The first-order valence-electron chi connectivity index (χ1n) is 9.41. The smallest absolute Gasteiger partial charge is 0.220 e. The Hall–Kier alpha value is -2.34. The molecule has 1 atom stereocenters. The van der Waals surface area contributed by atoms with Crippen LogP contribution < -0.4 is 14.8 Å². The van der Waals surface area contributed by atoms with Crippen LogP contribution in [0.5, 0.6) is 11.5 Å². The van der Waals surface area contributed by atoms with E-state index in [9.17, 15) is 9.59 Å². The first kappa shape index (κ1) is 20.4. The maximum atomic E-state index is 12.5. The van der Waals surface area contributed by atoms with Crippen molar-refractivity contribution in [1.29, 1.82) is 0 Å². The number of ether oxygens (including phenoxy) is 2. The summed E-state index contributed by atoms with van der Waals surface area (Å²) in [4.78, 5) is 24.8. The van der Waals surface area contributed by atoms with Crippen molar-refractivity contribution in [3.05, 3.63) is 58.1 Å². The summed E-state index contributed by atoms with van der Waals surface area (Å²) in [5.74, 6) is 1.44. The third-order valence-corrected chi connectivity index (χ3v) is 5.18. The zero-order chi connectivity index (χ0) is 20.1. The van der Waals surface area contributed by atoms with E-state index >= 15 is 0 Å². The van der Waals surface area contributed by atoms with Crippen LogP contribution in [0, 0.1) is 5.92 Å². The van der Waals surface area contributed by atoms with Gasteiger partial charge in [-0.2, -0.15) is 0 Å². The van der Waals surface area contributed by atoms with Crippen LogP contribution in [-0.4, -0.2) is 24.9 Å². The van der Waals surface area contributed by atoms with E-state index in [1.54, 1.807) is 12.1 Å². The Balaban J connectivity index is 1.61. The Morgan fingerprint density at radius 1 is 1.00 bits per heavy atom. The number of ketones is 1. The fraction of sp³-hybridized carbons (Fsp3) is 0.364. The number of Topliss-reactive ketones (excluding diaryl/α,β-unsaturated/α-hetero) is 1. The molecule has 28 heavy (non-hydrogen) atoms. The zero-order valence-corrected chi connectivity index (χ0v) is 17.6. The summed E-state index contributed by atoms with van der Waals surface area (Å²) < 4.78 is 12.1. The number of amides is 1. The van der Waals surface area contributed by atoms with Crippen LogP contribution >= 0.6 is 15.9 Å². The van der Waals surface area contributed by atoms with Crippen molar-refractivity contribution in [2.24, 2.45) is 5.92 Å². The number of benzene rings is 2. The number of hydrogen-bond acceptors (Lipinski definition) is 4. The molecule has 5 nitrogen and oxygen atoms in total. The summed E-state index contributed by atoms with van der Waals surface area (Å²) in [5, 5.41) is 3.06. The molecule has 6 heteroatoms. The Bertz CT molecular complexity index is 848. The molecule has 0 radical (unpaired) electrons. The quantitative estimate of drug-likeness (QED) is 0.627. The van der Waals surface area contributed by atoms with E-state index in [4.69, 9.17) is 9.47 Å². The standard InChI is InChI=1S/C22H24BrNO4/c1-14(2)22(16-5-9-19-20(13-16)28-12-11-27-19)24-21(26)10-8-18(25)15-3-6-17(23)7-4-15/h3-7,9,13-14,22H,8,10-12H2,1-2H3,(H,24,26)/t22-/m1/s1. The van der Waals surface area contributed by atoms with E-state index in [1.807, 2.05) is 30.3 Å². The third-order valence-electron chi connectivity index (χ3n) is 4.65. The highest BCUT2D eigenvalue weighted by Crippen LogP contribution is 2.34. The van der Waals surface area contributed by atoms with Gasteiger partial charge < -0.3 is 14.8 Å². The maximum absolute atomic E-state index is 12.5. The van der Waals surface area contributed by atoms with E-state index in [-0.39, 0.29) is 36.5 Å². The Morgan fingerprint density at radius 3 is 2.36 bits per heavy atom. The first-order chi connectivity index (χ1) is 13.4. The van der Waals surface area contributed by atoms with Gasteiger partial charge in [-0.15, -0.1) is 0 Å². The average Bonchev–Trinajstić information content (AvgIpc) is 2.70. The van der Waals surface area contributed by atoms with Gasteiger partial charge in [-0.05, 0) is 35.7 Å². The molecule has 0 fully saturated rings. The second-order valence-corrected chi connectivity index (χ2v) is 8.04. The lowest BCUT2D eigenvalue weighted by Gasteiger charge is -2.25. The van der Waals surface area contributed by atoms with E-state index in [0.29, 0.717) is 24.5 Å². The molecule has 1 aliphatic rings. The molecular weight excluding hydrogens is 422 g/mol. The number of nitrogens with one attached hydrogen (secondary N) is 1. The van der Waals surface area contributed by atoms with Gasteiger partial charge in [0.15, 0.2) is 17.3 Å². The van der Waals surface area contributed by atoms with Crippen molar-refractivity contribution in [3.8, 4) is 11.5 Å². The van der Waals surface area contributed by atoms with Crippen molar-refractivity contribution in [3.63, 3.8) is 0 Å². The van der Waals surface area contributed by atoms with Crippen molar-refractivity contribution >= 4 is 27.6 Å². The van der Waals surface area contributed by atoms with Crippen molar-refractivity contribution < 1.29 is 19.1 Å². The van der Waals surface area contributed by atoms with Gasteiger partial charge in [0.1, 0.15) is 13.2 Å². The van der Waals surface area contributed by atoms with E-state index in [1.165, 1.54) is 0 Å². The van der Waals surface area contributed by atoms with Gasteiger partial charge in [0.2, 0.25) is 5.91 Å². The lowest BCUT2D eigenvalue weighted by Crippen LogP contribution is -2.32. The molecular formula is C22H24BrNO4. The largest absolute Gasteiger partial charge is 0.486 e. The molecule has 2 aromatic carbocycles. The summed E-state index contributed by atoms with van der Waals surface area (Å²) in [6.45, 7) is 5.17. The topological polar surface area (TPSA) is 64.6 Å². The number of hydrogen-bond donors (Lipinski definition) is 1. The molecule has 0 aliphatic carbocycles. The number of carbonyl (C=O) groups excluding carboxylic acids is 2. The molecule has 0 saturated heterocycles. The van der Waals surface area contributed by atoms with E-state index < -0.39 is 0 Å². The summed E-state index contributed by atoms with van der Waals surface area (Å²) in [5.41, 5.74) is 1.58. The molecule has 3 rings (SSSR count).